The summed E-state index contributed by atoms with van der Waals surface area (Å²) in [5.41, 5.74) is 0.155. The van der Waals surface area contributed by atoms with Crippen LogP contribution in [-0.4, -0.2) is 31.1 Å². The third-order valence-corrected chi connectivity index (χ3v) is 5.40. The van der Waals surface area contributed by atoms with Gasteiger partial charge in [-0.3, -0.25) is 0 Å². The number of hydrogen-bond acceptors (Lipinski definition) is 4. The lowest BCUT2D eigenvalue weighted by Crippen LogP contribution is -2.50. The lowest BCUT2D eigenvalue weighted by molar-refractivity contribution is -0.147. The van der Waals surface area contributed by atoms with Crippen LogP contribution in [0.1, 0.15) is 26.3 Å². The molecular weight excluding hydrogens is 270 g/mol. The number of rotatable bonds is 7. The van der Waals surface area contributed by atoms with E-state index < -0.39 is 5.54 Å². The highest BCUT2D eigenvalue weighted by Crippen LogP contribution is 2.30. The van der Waals surface area contributed by atoms with Gasteiger partial charge in [0.05, 0.1) is 7.11 Å². The van der Waals surface area contributed by atoms with Gasteiger partial charge in [0, 0.05) is 11.0 Å². The highest BCUT2D eigenvalue weighted by Gasteiger charge is 2.40. The Hall–Kier alpha value is -1.00. The van der Waals surface area contributed by atoms with Crippen LogP contribution >= 0.6 is 11.8 Å². The van der Waals surface area contributed by atoms with Crippen molar-refractivity contribution in [2.24, 2.45) is 5.92 Å². The molecule has 1 rings (SSSR count). The Morgan fingerprint density at radius 1 is 1.30 bits per heavy atom. The fourth-order valence-electron chi connectivity index (χ4n) is 1.92. The second kappa shape index (κ2) is 7.70. The molecule has 20 heavy (non-hydrogen) atoms. The molecule has 0 aliphatic carbocycles. The summed E-state index contributed by atoms with van der Waals surface area (Å²) in [6, 6.07) is 9.77. The van der Waals surface area contributed by atoms with E-state index in [9.17, 15) is 4.79 Å². The molecule has 0 aliphatic heterocycles. The number of hydrogen-bond donors (Lipinski definition) is 1. The number of methoxy groups -OCH3 is 1. The number of nitrogens with one attached hydrogen (secondary N) is 1. The van der Waals surface area contributed by atoms with Crippen molar-refractivity contribution < 1.29 is 9.53 Å². The van der Waals surface area contributed by atoms with Gasteiger partial charge in [-0.05, 0) is 18.5 Å². The molecule has 0 bridgehead atoms. The van der Waals surface area contributed by atoms with Crippen LogP contribution in [0.2, 0.25) is 0 Å². The summed E-state index contributed by atoms with van der Waals surface area (Å²) in [5.74, 6) is 0.983. The van der Waals surface area contributed by atoms with Crippen LogP contribution in [0.5, 0.6) is 0 Å². The van der Waals surface area contributed by atoms with Gasteiger partial charge >= 0.3 is 5.97 Å². The molecular formula is C16H25NO2S. The van der Waals surface area contributed by atoms with E-state index >= 15 is 0 Å². The van der Waals surface area contributed by atoms with Crippen molar-refractivity contribution in [1.82, 2.24) is 5.32 Å². The first-order chi connectivity index (χ1) is 9.47. The van der Waals surface area contributed by atoms with Crippen molar-refractivity contribution in [1.29, 1.82) is 0 Å². The summed E-state index contributed by atoms with van der Waals surface area (Å²) < 4.78 is 5.04. The third-order valence-electron chi connectivity index (χ3n) is 3.73. The summed E-state index contributed by atoms with van der Waals surface area (Å²) in [7, 11) is 3.25. The fraction of sp³-hybridized carbons (Fsp3) is 0.562. The SMILES string of the molecule is CNC(CSC(C)C(C)C)(C(=O)OC)c1ccccc1. The van der Waals surface area contributed by atoms with E-state index in [0.717, 1.165) is 5.56 Å². The summed E-state index contributed by atoms with van der Waals surface area (Å²) in [6.07, 6.45) is 0. The maximum Gasteiger partial charge on any atom is 0.331 e. The van der Waals surface area contributed by atoms with Crippen molar-refractivity contribution in [3.63, 3.8) is 0 Å². The Bertz CT molecular complexity index is 422. The van der Waals surface area contributed by atoms with Crippen LogP contribution in [0.4, 0.5) is 0 Å². The number of thioether (sulfide) groups is 1. The van der Waals surface area contributed by atoms with Gasteiger partial charge in [-0.15, -0.1) is 0 Å². The van der Waals surface area contributed by atoms with Gasteiger partial charge in [-0.1, -0.05) is 51.1 Å². The molecule has 0 saturated carbocycles. The van der Waals surface area contributed by atoms with Gasteiger partial charge in [-0.2, -0.15) is 11.8 Å². The molecule has 1 aromatic carbocycles. The topological polar surface area (TPSA) is 38.3 Å². The summed E-state index contributed by atoms with van der Waals surface area (Å²) in [6.45, 7) is 6.58. The largest absolute Gasteiger partial charge is 0.467 e. The molecule has 1 N–H and O–H groups in total. The lowest BCUT2D eigenvalue weighted by Gasteiger charge is -2.32. The Balaban J connectivity index is 3.04. The molecule has 0 fully saturated rings. The van der Waals surface area contributed by atoms with Gasteiger partial charge in [-0.25, -0.2) is 4.79 Å². The van der Waals surface area contributed by atoms with Crippen LogP contribution < -0.4 is 5.32 Å². The second-order valence-electron chi connectivity index (χ2n) is 5.27. The minimum absolute atomic E-state index is 0.241. The number of esters is 1. The molecule has 0 aromatic heterocycles. The molecule has 0 heterocycles. The average molecular weight is 295 g/mol. The summed E-state index contributed by atoms with van der Waals surface area (Å²) >= 11 is 1.79. The average Bonchev–Trinajstić information content (AvgIpc) is 2.48. The highest BCUT2D eigenvalue weighted by atomic mass is 32.2. The standard InChI is InChI=1S/C16H25NO2S/c1-12(2)13(3)20-11-16(17-4,15(18)19-5)14-9-7-6-8-10-14/h6-10,12-13,17H,11H2,1-5H3. The number of likely N-dealkylation sites (N-methyl/N-ethyl adjacent to an activating group) is 1. The molecule has 1 aromatic rings. The minimum Gasteiger partial charge on any atom is -0.467 e. The van der Waals surface area contributed by atoms with Crippen molar-refractivity contribution >= 4 is 17.7 Å². The van der Waals surface area contributed by atoms with E-state index in [1.807, 2.05) is 37.4 Å². The first-order valence-corrected chi connectivity index (χ1v) is 7.97. The Kier molecular flexibility index (Phi) is 6.56. The number of benzene rings is 1. The molecule has 0 aliphatic rings. The normalized spacial score (nSPS) is 15.7. The van der Waals surface area contributed by atoms with E-state index in [2.05, 4.69) is 26.1 Å². The third kappa shape index (κ3) is 3.76. The van der Waals surface area contributed by atoms with Crippen LogP contribution in [0.25, 0.3) is 0 Å². The Labute approximate surface area is 126 Å². The molecule has 0 saturated heterocycles. The minimum atomic E-state index is -0.788. The summed E-state index contributed by atoms with van der Waals surface area (Å²) in [5, 5.41) is 3.66. The monoisotopic (exact) mass is 295 g/mol. The lowest BCUT2D eigenvalue weighted by atomic mass is 9.92. The van der Waals surface area contributed by atoms with Gasteiger partial charge < -0.3 is 10.1 Å². The maximum atomic E-state index is 12.3. The predicted octanol–water partition coefficient (Wildman–Crippen LogP) is 3.05. The molecule has 4 heteroatoms. The van der Waals surface area contributed by atoms with E-state index in [1.54, 1.807) is 11.8 Å². The van der Waals surface area contributed by atoms with E-state index in [0.29, 0.717) is 16.9 Å². The summed E-state index contributed by atoms with van der Waals surface area (Å²) in [4.78, 5) is 12.3. The Morgan fingerprint density at radius 2 is 1.90 bits per heavy atom. The van der Waals surface area contributed by atoms with Crippen molar-refractivity contribution in [3.05, 3.63) is 35.9 Å². The molecule has 2 unspecified atom stereocenters. The zero-order chi connectivity index (χ0) is 15.2. The smallest absolute Gasteiger partial charge is 0.331 e. The van der Waals surface area contributed by atoms with Gasteiger partial charge in [0.1, 0.15) is 0 Å². The molecule has 0 radical (unpaired) electrons. The van der Waals surface area contributed by atoms with E-state index in [4.69, 9.17) is 4.74 Å². The zero-order valence-electron chi connectivity index (χ0n) is 13.0. The van der Waals surface area contributed by atoms with Crippen molar-refractivity contribution in [2.45, 2.75) is 31.6 Å². The van der Waals surface area contributed by atoms with Crippen molar-refractivity contribution in [3.8, 4) is 0 Å². The second-order valence-corrected chi connectivity index (χ2v) is 6.64. The maximum absolute atomic E-state index is 12.3. The predicted molar refractivity (Wildman–Crippen MR) is 86.0 cm³/mol. The highest BCUT2D eigenvalue weighted by molar-refractivity contribution is 8.00. The van der Waals surface area contributed by atoms with Crippen LogP contribution in [0.15, 0.2) is 30.3 Å². The molecule has 0 amide bonds. The Morgan fingerprint density at radius 3 is 2.35 bits per heavy atom. The number of carbonyl (C=O) groups is 1. The van der Waals surface area contributed by atoms with Crippen molar-refractivity contribution in [2.75, 3.05) is 19.9 Å². The first-order valence-electron chi connectivity index (χ1n) is 6.92. The molecule has 112 valence electrons. The van der Waals surface area contributed by atoms with Gasteiger partial charge in [0.25, 0.3) is 0 Å². The molecule has 3 nitrogen and oxygen atoms in total. The fourth-order valence-corrected chi connectivity index (χ4v) is 3.25. The quantitative estimate of drug-likeness (QED) is 0.785. The number of carbonyl (C=O) groups excluding carboxylic acids is 1. The molecule has 0 spiro atoms. The van der Waals surface area contributed by atoms with E-state index in [1.165, 1.54) is 7.11 Å². The first kappa shape index (κ1) is 17.1. The van der Waals surface area contributed by atoms with Gasteiger partial charge in [0.2, 0.25) is 0 Å². The van der Waals surface area contributed by atoms with Crippen LogP contribution in [-0.2, 0) is 15.1 Å². The molecule has 2 atom stereocenters. The van der Waals surface area contributed by atoms with Gasteiger partial charge in [0.15, 0.2) is 5.54 Å². The van der Waals surface area contributed by atoms with Crippen LogP contribution in [0, 0.1) is 5.92 Å². The zero-order valence-corrected chi connectivity index (χ0v) is 13.8. The van der Waals surface area contributed by atoms with Crippen LogP contribution in [0.3, 0.4) is 0 Å². The number of ether oxygens (including phenoxy) is 1. The van der Waals surface area contributed by atoms with E-state index in [-0.39, 0.29) is 5.97 Å².